The number of carbonyl (C=O) groups is 1. The molecule has 31 heavy (non-hydrogen) atoms. The Bertz CT molecular complexity index is 1430. The summed E-state index contributed by atoms with van der Waals surface area (Å²) in [6.07, 6.45) is 0.223. The molecule has 0 spiro atoms. The molecule has 5 rings (SSSR count). The molecule has 0 bridgehead atoms. The fourth-order valence-corrected chi connectivity index (χ4v) is 6.16. The number of amides is 1. The number of nitro benzene ring substituents is 1. The quantitative estimate of drug-likeness (QED) is 0.452. The van der Waals surface area contributed by atoms with E-state index in [-0.39, 0.29) is 45.9 Å². The Kier molecular flexibility index (Phi) is 4.23. The van der Waals surface area contributed by atoms with Crippen molar-refractivity contribution in [3.8, 4) is 0 Å². The van der Waals surface area contributed by atoms with Gasteiger partial charge in [0.05, 0.1) is 33.4 Å². The first-order valence-corrected chi connectivity index (χ1v) is 11.4. The van der Waals surface area contributed by atoms with E-state index in [0.717, 1.165) is 0 Å². The van der Waals surface area contributed by atoms with Crippen molar-refractivity contribution in [3.63, 3.8) is 0 Å². The van der Waals surface area contributed by atoms with E-state index in [1.54, 1.807) is 30.3 Å². The minimum absolute atomic E-state index is 0.0667. The van der Waals surface area contributed by atoms with Crippen LogP contribution in [-0.2, 0) is 9.84 Å². The predicted octanol–water partition coefficient (Wildman–Crippen LogP) is 2.43. The molecule has 0 radical (unpaired) electrons. The largest absolute Gasteiger partial charge is 0.450 e. The second kappa shape index (κ2) is 6.74. The van der Waals surface area contributed by atoms with Crippen LogP contribution in [0.3, 0.4) is 0 Å². The van der Waals surface area contributed by atoms with Crippen molar-refractivity contribution >= 4 is 32.4 Å². The summed E-state index contributed by atoms with van der Waals surface area (Å²) in [5.74, 6) is -1.03. The van der Waals surface area contributed by atoms with Crippen molar-refractivity contribution in [2.24, 2.45) is 0 Å². The fourth-order valence-electron chi connectivity index (χ4n) is 4.44. The van der Waals surface area contributed by atoms with Gasteiger partial charge in [-0.2, -0.15) is 0 Å². The van der Waals surface area contributed by atoms with E-state index in [2.05, 4.69) is 0 Å². The number of sulfone groups is 1. The maximum absolute atomic E-state index is 13.4. The zero-order chi connectivity index (χ0) is 21.9. The Hall–Kier alpha value is -3.53. The van der Waals surface area contributed by atoms with Gasteiger partial charge in [0, 0.05) is 18.2 Å². The highest BCUT2D eigenvalue weighted by Crippen LogP contribution is 2.42. The molecule has 2 aliphatic rings. The average Bonchev–Trinajstić information content (AvgIpc) is 3.25. The highest BCUT2D eigenvalue weighted by atomic mass is 32.2. The van der Waals surface area contributed by atoms with Crippen LogP contribution in [0.25, 0.3) is 11.0 Å². The fraction of sp³-hybridized carbons (Fsp3) is 0.238. The van der Waals surface area contributed by atoms with Gasteiger partial charge in [-0.3, -0.25) is 19.7 Å². The lowest BCUT2D eigenvalue weighted by molar-refractivity contribution is -0.384. The van der Waals surface area contributed by atoms with E-state index >= 15 is 0 Å². The molecule has 3 aromatic rings. The zero-order valence-corrected chi connectivity index (χ0v) is 16.9. The van der Waals surface area contributed by atoms with Crippen molar-refractivity contribution in [1.29, 1.82) is 0 Å². The standard InChI is InChI=1S/C21H16N2O7S/c24-19-15-6-1-2-7-16(15)30-20-17(19)18(12-4-3-5-13(10-12)23(26)27)22(21(20)25)14-8-9-31(28,29)11-14/h1-7,10,14,18H,8-9,11H2. The third-order valence-corrected chi connectivity index (χ3v) is 7.56. The van der Waals surface area contributed by atoms with Crippen LogP contribution < -0.4 is 5.43 Å². The summed E-state index contributed by atoms with van der Waals surface area (Å²) < 4.78 is 30.0. The lowest BCUT2D eigenvalue weighted by Crippen LogP contribution is -2.40. The van der Waals surface area contributed by atoms with Gasteiger partial charge in [-0.1, -0.05) is 24.3 Å². The smallest absolute Gasteiger partial charge is 0.291 e. The number of hydrogen-bond donors (Lipinski definition) is 0. The molecule has 3 heterocycles. The summed E-state index contributed by atoms with van der Waals surface area (Å²) in [5.41, 5.74) is 0.0765. The van der Waals surface area contributed by atoms with Crippen LogP contribution in [0.4, 0.5) is 5.69 Å². The Morgan fingerprint density at radius 2 is 1.87 bits per heavy atom. The Balaban J connectivity index is 1.77. The molecule has 2 aromatic carbocycles. The van der Waals surface area contributed by atoms with Crippen LogP contribution in [0.1, 0.15) is 34.1 Å². The van der Waals surface area contributed by atoms with Crippen LogP contribution in [0.2, 0.25) is 0 Å². The zero-order valence-electron chi connectivity index (χ0n) is 16.1. The van der Waals surface area contributed by atoms with E-state index in [1.165, 1.54) is 23.1 Å². The van der Waals surface area contributed by atoms with Crippen LogP contribution in [0, 0.1) is 10.1 Å². The average molecular weight is 440 g/mol. The Labute approximate surface area is 176 Å². The number of fused-ring (bicyclic) bond motifs is 2. The molecule has 1 aromatic heterocycles. The molecule has 1 saturated heterocycles. The SMILES string of the molecule is O=C1c2oc3ccccc3c(=O)c2C(c2cccc([N+](=O)[O-])c2)N1C1CCS(=O)(=O)C1. The molecule has 1 amide bonds. The highest BCUT2D eigenvalue weighted by Gasteiger charge is 2.48. The number of non-ortho nitro benzene ring substituents is 1. The van der Waals surface area contributed by atoms with Crippen LogP contribution >= 0.6 is 0 Å². The van der Waals surface area contributed by atoms with E-state index in [9.17, 15) is 28.1 Å². The number of benzene rings is 2. The van der Waals surface area contributed by atoms with Crippen molar-refractivity contribution in [3.05, 3.63) is 85.8 Å². The van der Waals surface area contributed by atoms with E-state index < -0.39 is 38.2 Å². The molecule has 9 nitrogen and oxygen atoms in total. The highest BCUT2D eigenvalue weighted by molar-refractivity contribution is 7.91. The first kappa shape index (κ1) is 19.4. The third kappa shape index (κ3) is 3.02. The number of rotatable bonds is 3. The summed E-state index contributed by atoms with van der Waals surface area (Å²) in [4.78, 5) is 38.8. The molecule has 10 heteroatoms. The minimum Gasteiger partial charge on any atom is -0.450 e. The number of nitro groups is 1. The third-order valence-electron chi connectivity index (χ3n) is 5.81. The van der Waals surface area contributed by atoms with Gasteiger partial charge in [-0.05, 0) is 24.1 Å². The van der Waals surface area contributed by atoms with Crippen LogP contribution in [-0.4, -0.2) is 41.7 Å². The number of nitrogens with zero attached hydrogens (tertiary/aromatic N) is 2. The maximum Gasteiger partial charge on any atom is 0.291 e. The van der Waals surface area contributed by atoms with Gasteiger partial charge in [0.15, 0.2) is 15.3 Å². The lowest BCUT2D eigenvalue weighted by Gasteiger charge is -2.30. The summed E-state index contributed by atoms with van der Waals surface area (Å²) in [6.45, 7) is 0. The van der Waals surface area contributed by atoms with E-state index in [0.29, 0.717) is 5.56 Å². The van der Waals surface area contributed by atoms with E-state index in [1.807, 2.05) is 0 Å². The summed E-state index contributed by atoms with van der Waals surface area (Å²) >= 11 is 0. The Morgan fingerprint density at radius 3 is 2.58 bits per heavy atom. The first-order valence-electron chi connectivity index (χ1n) is 9.60. The number of hydrogen-bond acceptors (Lipinski definition) is 7. The topological polar surface area (TPSA) is 128 Å². The first-order chi connectivity index (χ1) is 14.8. The van der Waals surface area contributed by atoms with Gasteiger partial charge >= 0.3 is 0 Å². The van der Waals surface area contributed by atoms with Crippen molar-refractivity contribution in [2.45, 2.75) is 18.5 Å². The molecule has 2 atom stereocenters. The van der Waals surface area contributed by atoms with Gasteiger partial charge in [-0.15, -0.1) is 0 Å². The second-order valence-corrected chi connectivity index (χ2v) is 9.92. The number of carbonyl (C=O) groups excluding carboxylic acids is 1. The molecule has 2 unspecified atom stereocenters. The van der Waals surface area contributed by atoms with Crippen molar-refractivity contribution in [2.75, 3.05) is 11.5 Å². The lowest BCUT2D eigenvalue weighted by atomic mass is 9.97. The molecular weight excluding hydrogens is 424 g/mol. The summed E-state index contributed by atoms with van der Waals surface area (Å²) in [7, 11) is -3.33. The second-order valence-electron chi connectivity index (χ2n) is 7.69. The summed E-state index contributed by atoms with van der Waals surface area (Å²) in [6, 6.07) is 10.6. The van der Waals surface area contributed by atoms with Crippen molar-refractivity contribution in [1.82, 2.24) is 4.90 Å². The molecule has 0 aliphatic carbocycles. The van der Waals surface area contributed by atoms with Gasteiger partial charge < -0.3 is 9.32 Å². The molecule has 158 valence electrons. The van der Waals surface area contributed by atoms with Crippen molar-refractivity contribution < 1.29 is 22.6 Å². The molecule has 0 N–H and O–H groups in total. The molecule has 0 saturated carbocycles. The predicted molar refractivity (Wildman–Crippen MR) is 111 cm³/mol. The molecular formula is C21H16N2O7S. The maximum atomic E-state index is 13.4. The molecule has 2 aliphatic heterocycles. The van der Waals surface area contributed by atoms with Gasteiger partial charge in [-0.25, -0.2) is 8.42 Å². The van der Waals surface area contributed by atoms with E-state index in [4.69, 9.17) is 4.42 Å². The molecule has 1 fully saturated rings. The number of para-hydroxylation sites is 1. The Morgan fingerprint density at radius 1 is 1.10 bits per heavy atom. The van der Waals surface area contributed by atoms with Gasteiger partial charge in [0.2, 0.25) is 5.76 Å². The van der Waals surface area contributed by atoms with Gasteiger partial charge in [0.1, 0.15) is 5.58 Å². The monoisotopic (exact) mass is 440 g/mol. The normalized spacial score (nSPS) is 22.1. The van der Waals surface area contributed by atoms with Crippen LogP contribution in [0.5, 0.6) is 0 Å². The van der Waals surface area contributed by atoms with Gasteiger partial charge in [0.25, 0.3) is 11.6 Å². The minimum atomic E-state index is -3.33. The van der Waals surface area contributed by atoms with Crippen LogP contribution in [0.15, 0.2) is 57.7 Å². The summed E-state index contributed by atoms with van der Waals surface area (Å²) in [5, 5.41) is 11.6.